The van der Waals surface area contributed by atoms with Gasteiger partial charge in [-0.15, -0.1) is 0 Å². The van der Waals surface area contributed by atoms with Crippen LogP contribution in [0.2, 0.25) is 0 Å². The Balaban J connectivity index is 1.75. The zero-order valence-corrected chi connectivity index (χ0v) is 12.4. The van der Waals surface area contributed by atoms with E-state index in [-0.39, 0.29) is 6.04 Å². The Morgan fingerprint density at radius 1 is 1.40 bits per heavy atom. The van der Waals surface area contributed by atoms with Crippen LogP contribution in [0.1, 0.15) is 37.8 Å². The van der Waals surface area contributed by atoms with Crippen molar-refractivity contribution in [3.63, 3.8) is 0 Å². The molecule has 2 N–H and O–H groups in total. The molecule has 1 aliphatic carbocycles. The first-order valence-electron chi connectivity index (χ1n) is 7.75. The lowest BCUT2D eigenvalue weighted by Gasteiger charge is -2.18. The van der Waals surface area contributed by atoms with Crippen LogP contribution in [-0.4, -0.2) is 18.5 Å². The molecular weight excluding hydrogens is 248 g/mol. The third-order valence-corrected chi connectivity index (χ3v) is 4.56. The number of hydrogen-bond acceptors (Lipinski definition) is 2. The Labute approximate surface area is 121 Å². The monoisotopic (exact) mass is 272 g/mol. The molecule has 108 valence electrons. The molecule has 1 saturated carbocycles. The molecule has 0 radical (unpaired) electrons. The van der Waals surface area contributed by atoms with E-state index in [4.69, 9.17) is 5.73 Å². The lowest BCUT2D eigenvalue weighted by Crippen LogP contribution is -2.30. The van der Waals surface area contributed by atoms with Crippen LogP contribution >= 0.6 is 0 Å². The molecule has 20 heavy (non-hydrogen) atoms. The highest BCUT2D eigenvalue weighted by Gasteiger charge is 2.36. The van der Waals surface area contributed by atoms with Crippen LogP contribution in [0.4, 0.5) is 5.69 Å². The fourth-order valence-corrected chi connectivity index (χ4v) is 2.87. The Morgan fingerprint density at radius 3 is 2.80 bits per heavy atom. The Morgan fingerprint density at radius 2 is 2.15 bits per heavy atom. The summed E-state index contributed by atoms with van der Waals surface area (Å²) in [6.07, 6.45) is 4.05. The number of nitrogens with zero attached hydrogens (tertiary/aromatic N) is 1. The number of nitrogens with two attached hydrogens (primary N) is 1. The van der Waals surface area contributed by atoms with Gasteiger partial charge in [-0.2, -0.15) is 0 Å². The van der Waals surface area contributed by atoms with Crippen LogP contribution < -0.4 is 10.6 Å². The molecule has 1 unspecified atom stereocenters. The lowest BCUT2D eigenvalue weighted by molar-refractivity contribution is -0.119. The van der Waals surface area contributed by atoms with Crippen molar-refractivity contribution >= 4 is 11.6 Å². The van der Waals surface area contributed by atoms with Gasteiger partial charge in [0.2, 0.25) is 5.91 Å². The average molecular weight is 272 g/mol. The number of amides is 1. The predicted octanol–water partition coefficient (Wildman–Crippen LogP) is 2.51. The van der Waals surface area contributed by atoms with Gasteiger partial charge in [0.05, 0.1) is 0 Å². The van der Waals surface area contributed by atoms with Crippen molar-refractivity contribution in [2.45, 2.75) is 45.6 Å². The number of carbonyl (C=O) groups is 1. The number of fused-ring (bicyclic) bond motifs is 1. The first kappa shape index (κ1) is 13.6. The van der Waals surface area contributed by atoms with E-state index in [2.05, 4.69) is 32.0 Å². The number of anilines is 1. The SMILES string of the molecule is CC(C)C(N)Cc1ccc2c(c1)CCN2C(=O)C1CC1. The maximum Gasteiger partial charge on any atom is 0.230 e. The summed E-state index contributed by atoms with van der Waals surface area (Å²) in [4.78, 5) is 14.2. The summed E-state index contributed by atoms with van der Waals surface area (Å²) < 4.78 is 0. The van der Waals surface area contributed by atoms with Gasteiger partial charge >= 0.3 is 0 Å². The minimum absolute atomic E-state index is 0.207. The lowest BCUT2D eigenvalue weighted by atomic mass is 9.96. The van der Waals surface area contributed by atoms with Gasteiger partial charge in [-0.05, 0) is 48.8 Å². The summed E-state index contributed by atoms with van der Waals surface area (Å²) in [5.41, 5.74) is 9.89. The zero-order chi connectivity index (χ0) is 14.3. The molecule has 1 fully saturated rings. The summed E-state index contributed by atoms with van der Waals surface area (Å²) in [5, 5.41) is 0. The first-order valence-corrected chi connectivity index (χ1v) is 7.75. The van der Waals surface area contributed by atoms with E-state index in [1.165, 1.54) is 11.1 Å². The van der Waals surface area contributed by atoms with E-state index in [1.54, 1.807) is 0 Å². The van der Waals surface area contributed by atoms with Crippen molar-refractivity contribution in [1.29, 1.82) is 0 Å². The molecule has 1 atom stereocenters. The van der Waals surface area contributed by atoms with Crippen molar-refractivity contribution in [3.8, 4) is 0 Å². The van der Waals surface area contributed by atoms with E-state index in [9.17, 15) is 4.79 Å². The molecule has 0 spiro atoms. The van der Waals surface area contributed by atoms with Gasteiger partial charge in [0, 0.05) is 24.2 Å². The Hall–Kier alpha value is -1.35. The minimum Gasteiger partial charge on any atom is -0.327 e. The molecular formula is C17H24N2O. The van der Waals surface area contributed by atoms with Crippen molar-refractivity contribution in [3.05, 3.63) is 29.3 Å². The van der Waals surface area contributed by atoms with Gasteiger partial charge in [0.1, 0.15) is 0 Å². The fraction of sp³-hybridized carbons (Fsp3) is 0.588. The molecule has 0 bridgehead atoms. The molecule has 1 aromatic carbocycles. The number of benzene rings is 1. The third-order valence-electron chi connectivity index (χ3n) is 4.56. The fourth-order valence-electron chi connectivity index (χ4n) is 2.87. The van der Waals surface area contributed by atoms with E-state index >= 15 is 0 Å². The molecule has 3 heteroatoms. The molecule has 3 rings (SSSR count). The van der Waals surface area contributed by atoms with Crippen LogP contribution in [0, 0.1) is 11.8 Å². The van der Waals surface area contributed by atoms with Gasteiger partial charge in [-0.25, -0.2) is 0 Å². The second-order valence-corrected chi connectivity index (χ2v) is 6.59. The highest BCUT2D eigenvalue weighted by molar-refractivity contribution is 5.98. The van der Waals surface area contributed by atoms with E-state index in [1.807, 2.05) is 4.90 Å². The maximum absolute atomic E-state index is 12.2. The number of carbonyl (C=O) groups excluding carboxylic acids is 1. The molecule has 2 aliphatic rings. The quantitative estimate of drug-likeness (QED) is 0.915. The number of rotatable bonds is 4. The van der Waals surface area contributed by atoms with Crippen molar-refractivity contribution < 1.29 is 4.79 Å². The van der Waals surface area contributed by atoms with Gasteiger partial charge in [-0.1, -0.05) is 26.0 Å². The summed E-state index contributed by atoms with van der Waals surface area (Å²) in [6, 6.07) is 6.71. The molecule has 0 saturated heterocycles. The van der Waals surface area contributed by atoms with Crippen LogP contribution in [0.3, 0.4) is 0 Å². The van der Waals surface area contributed by atoms with E-state index in [0.29, 0.717) is 17.7 Å². The molecule has 1 heterocycles. The smallest absolute Gasteiger partial charge is 0.230 e. The third kappa shape index (κ3) is 2.59. The normalized spacial score (nSPS) is 19.3. The summed E-state index contributed by atoms with van der Waals surface area (Å²) >= 11 is 0. The van der Waals surface area contributed by atoms with Crippen LogP contribution in [-0.2, 0) is 17.6 Å². The zero-order valence-electron chi connectivity index (χ0n) is 12.4. The van der Waals surface area contributed by atoms with Crippen molar-refractivity contribution in [2.75, 3.05) is 11.4 Å². The highest BCUT2D eigenvalue weighted by Crippen LogP contribution is 2.36. The second-order valence-electron chi connectivity index (χ2n) is 6.59. The molecule has 1 amide bonds. The number of hydrogen-bond donors (Lipinski definition) is 1. The van der Waals surface area contributed by atoms with Gasteiger partial charge in [-0.3, -0.25) is 4.79 Å². The van der Waals surface area contributed by atoms with Crippen LogP contribution in [0.5, 0.6) is 0 Å². The standard InChI is InChI=1S/C17H24N2O/c1-11(2)15(18)10-12-3-6-16-14(9-12)7-8-19(16)17(20)13-4-5-13/h3,6,9,11,13,15H,4-5,7-8,10,18H2,1-2H3. The van der Waals surface area contributed by atoms with Crippen molar-refractivity contribution in [2.24, 2.45) is 17.6 Å². The maximum atomic E-state index is 12.2. The largest absolute Gasteiger partial charge is 0.327 e. The van der Waals surface area contributed by atoms with Crippen LogP contribution in [0.25, 0.3) is 0 Å². The topological polar surface area (TPSA) is 46.3 Å². The van der Waals surface area contributed by atoms with Gasteiger partial charge in [0.15, 0.2) is 0 Å². The van der Waals surface area contributed by atoms with Gasteiger partial charge in [0.25, 0.3) is 0 Å². The van der Waals surface area contributed by atoms with E-state index in [0.717, 1.165) is 37.9 Å². The summed E-state index contributed by atoms with van der Waals surface area (Å²) in [7, 11) is 0. The van der Waals surface area contributed by atoms with Crippen molar-refractivity contribution in [1.82, 2.24) is 0 Å². The summed E-state index contributed by atoms with van der Waals surface area (Å²) in [5.74, 6) is 1.13. The first-order chi connectivity index (χ1) is 9.56. The molecule has 0 aromatic heterocycles. The molecule has 1 aliphatic heterocycles. The Kier molecular flexibility index (Phi) is 3.55. The predicted molar refractivity (Wildman–Crippen MR) is 81.7 cm³/mol. The minimum atomic E-state index is 0.207. The average Bonchev–Trinajstić information content (AvgIpc) is 3.18. The summed E-state index contributed by atoms with van der Waals surface area (Å²) in [6.45, 7) is 5.17. The Bertz CT molecular complexity index is 520. The second kappa shape index (κ2) is 5.21. The van der Waals surface area contributed by atoms with E-state index < -0.39 is 0 Å². The van der Waals surface area contributed by atoms with Crippen LogP contribution in [0.15, 0.2) is 18.2 Å². The highest BCUT2D eigenvalue weighted by atomic mass is 16.2. The van der Waals surface area contributed by atoms with Gasteiger partial charge < -0.3 is 10.6 Å². The molecule has 1 aromatic rings. The molecule has 3 nitrogen and oxygen atoms in total.